The van der Waals surface area contributed by atoms with Gasteiger partial charge in [-0.2, -0.15) is 0 Å². The number of nitrogens with one attached hydrogen (secondary N) is 1. The molecule has 0 aromatic rings. The van der Waals surface area contributed by atoms with Gasteiger partial charge in [-0.3, -0.25) is 4.79 Å². The Morgan fingerprint density at radius 1 is 0.507 bits per heavy atom. The van der Waals surface area contributed by atoms with Gasteiger partial charge in [0.2, 0.25) is 5.91 Å². The van der Waals surface area contributed by atoms with E-state index in [9.17, 15) is 35.4 Å². The lowest BCUT2D eigenvalue weighted by Crippen LogP contribution is -2.60. The molecule has 1 amide bonds. The highest BCUT2D eigenvalue weighted by Gasteiger charge is 2.44. The Kier molecular flexibility index (Phi) is 44.2. The summed E-state index contributed by atoms with van der Waals surface area (Å²) >= 11 is 0. The number of aliphatic hydroxyl groups excluding tert-OH is 6. The second-order valence-electron chi connectivity index (χ2n) is 19.9. The summed E-state index contributed by atoms with van der Waals surface area (Å²) in [7, 11) is 0. The van der Waals surface area contributed by atoms with Gasteiger partial charge in [0, 0.05) is 0 Å². The van der Waals surface area contributed by atoms with Crippen LogP contribution in [0.2, 0.25) is 0 Å². The highest BCUT2D eigenvalue weighted by molar-refractivity contribution is 5.80. The molecule has 8 unspecified atom stereocenters. The molecule has 0 aliphatic carbocycles. The van der Waals surface area contributed by atoms with E-state index >= 15 is 0 Å². The first-order valence-electron chi connectivity index (χ1n) is 28.3. The van der Waals surface area contributed by atoms with Crippen molar-refractivity contribution in [2.24, 2.45) is 0 Å². The zero-order valence-electron chi connectivity index (χ0n) is 43.3. The summed E-state index contributed by atoms with van der Waals surface area (Å²) in [6.07, 6.45) is 49.9. The summed E-state index contributed by atoms with van der Waals surface area (Å²) in [4.78, 5) is 13.1. The number of carbonyl (C=O) groups excluding carboxylic acids is 1. The monoisotopic (exact) mass is 950 g/mol. The smallest absolute Gasteiger partial charge is 0.249 e. The maximum Gasteiger partial charge on any atom is 0.249 e. The highest BCUT2D eigenvalue weighted by Crippen LogP contribution is 2.23. The molecule has 7 N–H and O–H groups in total. The van der Waals surface area contributed by atoms with Gasteiger partial charge in [-0.05, 0) is 57.8 Å². The second kappa shape index (κ2) is 46.7. The van der Waals surface area contributed by atoms with Crippen LogP contribution in [0.4, 0.5) is 0 Å². The van der Waals surface area contributed by atoms with Gasteiger partial charge in [0.05, 0.1) is 25.4 Å². The summed E-state index contributed by atoms with van der Waals surface area (Å²) in [6.45, 7) is 3.58. The van der Waals surface area contributed by atoms with Crippen LogP contribution >= 0.6 is 0 Å². The van der Waals surface area contributed by atoms with Crippen molar-refractivity contribution in [1.82, 2.24) is 5.32 Å². The van der Waals surface area contributed by atoms with Gasteiger partial charge in [0.15, 0.2) is 6.29 Å². The number of carbonyl (C=O) groups is 1. The van der Waals surface area contributed by atoms with Gasteiger partial charge >= 0.3 is 0 Å². The molecular formula is C57H107NO9. The molecular weight excluding hydrogens is 843 g/mol. The van der Waals surface area contributed by atoms with Gasteiger partial charge in [0.25, 0.3) is 0 Å². The van der Waals surface area contributed by atoms with Crippen molar-refractivity contribution in [3.63, 3.8) is 0 Å². The third-order valence-electron chi connectivity index (χ3n) is 13.5. The van der Waals surface area contributed by atoms with E-state index in [1.165, 1.54) is 193 Å². The molecule has 10 heteroatoms. The number of ether oxygens (including phenoxy) is 2. The molecule has 0 bridgehead atoms. The number of aliphatic hydroxyl groups is 6. The molecule has 67 heavy (non-hydrogen) atoms. The maximum atomic E-state index is 13.1. The Hall–Kier alpha value is -1.63. The van der Waals surface area contributed by atoms with Crippen LogP contribution in [-0.4, -0.2) is 98.7 Å². The van der Waals surface area contributed by atoms with Crippen molar-refractivity contribution >= 4 is 5.91 Å². The topological polar surface area (TPSA) is 169 Å². The third-order valence-corrected chi connectivity index (χ3v) is 13.5. The average molecular weight is 950 g/mol. The van der Waals surface area contributed by atoms with Crippen LogP contribution in [-0.2, 0) is 14.3 Å². The predicted octanol–water partition coefficient (Wildman–Crippen LogP) is 12.5. The fourth-order valence-corrected chi connectivity index (χ4v) is 8.94. The zero-order valence-corrected chi connectivity index (χ0v) is 43.3. The minimum atomic E-state index is -1.61. The molecule has 0 saturated carbocycles. The quantitative estimate of drug-likeness (QED) is 0.0232. The van der Waals surface area contributed by atoms with Gasteiger partial charge in [-0.25, -0.2) is 0 Å². The van der Waals surface area contributed by atoms with Gasteiger partial charge < -0.3 is 45.4 Å². The van der Waals surface area contributed by atoms with E-state index in [0.717, 1.165) is 32.1 Å². The number of allylic oxidation sites excluding steroid dienone is 5. The van der Waals surface area contributed by atoms with Crippen molar-refractivity contribution in [2.45, 2.75) is 307 Å². The van der Waals surface area contributed by atoms with E-state index < -0.39 is 61.5 Å². The lowest BCUT2D eigenvalue weighted by molar-refractivity contribution is -0.302. The van der Waals surface area contributed by atoms with Crippen LogP contribution in [0, 0.1) is 0 Å². The Morgan fingerprint density at radius 3 is 1.30 bits per heavy atom. The molecule has 1 fully saturated rings. The van der Waals surface area contributed by atoms with Crippen LogP contribution in [0.25, 0.3) is 0 Å². The molecule has 0 aromatic carbocycles. The number of unbranched alkanes of at least 4 members (excludes halogenated alkanes) is 33. The minimum absolute atomic E-state index is 0.305. The molecule has 1 aliphatic rings. The molecule has 394 valence electrons. The lowest BCUT2D eigenvalue weighted by atomic mass is 9.99. The van der Waals surface area contributed by atoms with Crippen molar-refractivity contribution in [3.05, 3.63) is 36.5 Å². The molecule has 1 aliphatic heterocycles. The number of amides is 1. The van der Waals surface area contributed by atoms with E-state index in [0.29, 0.717) is 19.3 Å². The predicted molar refractivity (Wildman–Crippen MR) is 278 cm³/mol. The van der Waals surface area contributed by atoms with Crippen molar-refractivity contribution < 1.29 is 44.9 Å². The molecule has 8 atom stereocenters. The fourth-order valence-electron chi connectivity index (χ4n) is 8.94. The van der Waals surface area contributed by atoms with Crippen LogP contribution in [0.15, 0.2) is 36.5 Å². The van der Waals surface area contributed by atoms with E-state index in [-0.39, 0.29) is 6.61 Å². The molecule has 10 nitrogen and oxygen atoms in total. The van der Waals surface area contributed by atoms with E-state index in [4.69, 9.17) is 9.47 Å². The first-order chi connectivity index (χ1) is 32.8. The number of hydrogen-bond donors (Lipinski definition) is 7. The second-order valence-corrected chi connectivity index (χ2v) is 19.9. The normalized spacial score (nSPS) is 20.4. The first kappa shape index (κ1) is 63.4. The van der Waals surface area contributed by atoms with E-state index in [1.54, 1.807) is 6.08 Å². The Labute approximate surface area is 411 Å². The van der Waals surface area contributed by atoms with Crippen LogP contribution in [0.3, 0.4) is 0 Å². The largest absolute Gasteiger partial charge is 0.394 e. The Bertz CT molecular complexity index is 1160. The van der Waals surface area contributed by atoms with Crippen molar-refractivity contribution in [3.8, 4) is 0 Å². The maximum absolute atomic E-state index is 13.1. The summed E-state index contributed by atoms with van der Waals surface area (Å²) in [5.74, 6) is -0.625. The average Bonchev–Trinajstić information content (AvgIpc) is 3.33. The minimum Gasteiger partial charge on any atom is -0.394 e. The zero-order chi connectivity index (χ0) is 48.8. The van der Waals surface area contributed by atoms with E-state index in [2.05, 4.69) is 43.5 Å². The number of rotatable bonds is 48. The Morgan fingerprint density at radius 2 is 0.881 bits per heavy atom. The SMILES string of the molecule is CCCCCCC/C=C/CC/C=C/C(O)C(COC1OC(CO)C(O)C(O)C1O)NC(=O)C(O)CCCCCCCCCCCCCCCCC/C=C\CCCCCCCCCCCCCC. The molecule has 1 rings (SSSR count). The summed E-state index contributed by atoms with van der Waals surface area (Å²) in [6, 6.07) is -0.995. The van der Waals surface area contributed by atoms with Crippen LogP contribution < -0.4 is 5.32 Å². The molecule has 1 saturated heterocycles. The van der Waals surface area contributed by atoms with Crippen molar-refractivity contribution in [1.29, 1.82) is 0 Å². The lowest BCUT2D eigenvalue weighted by Gasteiger charge is -2.40. The van der Waals surface area contributed by atoms with Crippen molar-refractivity contribution in [2.75, 3.05) is 13.2 Å². The number of hydrogen-bond acceptors (Lipinski definition) is 9. The fraction of sp³-hybridized carbons (Fsp3) is 0.877. The van der Waals surface area contributed by atoms with Gasteiger partial charge in [0.1, 0.15) is 30.5 Å². The molecule has 0 radical (unpaired) electrons. The molecule has 0 aromatic heterocycles. The van der Waals surface area contributed by atoms with Crippen LogP contribution in [0.5, 0.6) is 0 Å². The van der Waals surface area contributed by atoms with Gasteiger partial charge in [-0.1, -0.05) is 237 Å². The molecule has 1 heterocycles. The third kappa shape index (κ3) is 36.0. The summed E-state index contributed by atoms with van der Waals surface area (Å²) in [5.41, 5.74) is 0. The summed E-state index contributed by atoms with van der Waals surface area (Å²) < 4.78 is 11.1. The van der Waals surface area contributed by atoms with Crippen LogP contribution in [0.1, 0.15) is 258 Å². The standard InChI is InChI=1S/C57H107NO9/c1-3-5-7-9-11-13-15-16-17-18-19-20-21-22-23-24-25-26-27-28-29-30-31-32-33-34-36-38-40-42-44-46-51(61)56(65)58-49(48-66-57-55(64)54(63)53(62)52(47-59)67-57)50(60)45-43-41-39-37-35-14-12-10-8-6-4-2/h22-23,35,37,43,45,49-55,57,59-64H,3-21,24-34,36,38-42,44,46-48H2,1-2H3,(H,58,65)/b23-22-,37-35+,45-43+. The molecule has 0 spiro atoms. The first-order valence-corrected chi connectivity index (χ1v) is 28.3. The van der Waals surface area contributed by atoms with E-state index in [1.807, 2.05) is 6.08 Å². The Balaban J connectivity index is 2.16. The highest BCUT2D eigenvalue weighted by atomic mass is 16.7. The summed E-state index contributed by atoms with van der Waals surface area (Å²) in [5, 5.41) is 64.7. The van der Waals surface area contributed by atoms with Gasteiger partial charge in [-0.15, -0.1) is 0 Å².